The molecular weight excluding hydrogens is 266 g/mol. The summed E-state index contributed by atoms with van der Waals surface area (Å²) in [5.74, 6) is -0.691. The Bertz CT molecular complexity index is 410. The van der Waals surface area contributed by atoms with E-state index in [1.54, 1.807) is 0 Å². The highest BCUT2D eigenvalue weighted by Crippen LogP contribution is 2.19. The van der Waals surface area contributed by atoms with Crippen molar-refractivity contribution >= 4 is 17.9 Å². The number of nitrogens with one attached hydrogen (secondary N) is 1. The molecule has 3 amide bonds. The minimum absolute atomic E-state index is 0.0268. The van der Waals surface area contributed by atoms with Gasteiger partial charge < -0.3 is 25.8 Å². The van der Waals surface area contributed by atoms with Gasteiger partial charge in [0.25, 0.3) is 5.91 Å². The van der Waals surface area contributed by atoms with E-state index in [-0.39, 0.29) is 18.5 Å². The molecule has 1 saturated carbocycles. The Hall–Kier alpha value is -1.83. The molecule has 8 nitrogen and oxygen atoms in total. The van der Waals surface area contributed by atoms with Crippen LogP contribution in [0.25, 0.3) is 0 Å². The van der Waals surface area contributed by atoms with E-state index >= 15 is 0 Å². The second-order valence-corrected chi connectivity index (χ2v) is 5.15. The van der Waals surface area contributed by atoms with Crippen LogP contribution in [-0.2, 0) is 14.3 Å². The normalized spacial score (nSPS) is 21.4. The third kappa shape index (κ3) is 3.83. The van der Waals surface area contributed by atoms with Crippen LogP contribution < -0.4 is 11.1 Å². The molecule has 0 spiro atoms. The summed E-state index contributed by atoms with van der Waals surface area (Å²) in [5, 5.41) is 12.6. The van der Waals surface area contributed by atoms with E-state index in [0.717, 1.165) is 12.8 Å². The van der Waals surface area contributed by atoms with Gasteiger partial charge in [0.1, 0.15) is 0 Å². The molecule has 2 fully saturated rings. The summed E-state index contributed by atoms with van der Waals surface area (Å²) in [5.41, 5.74) is 4.95. The number of carbonyl (C=O) groups is 3. The highest BCUT2D eigenvalue weighted by molar-refractivity contribution is 5.82. The molecule has 0 aromatic rings. The quantitative estimate of drug-likeness (QED) is 0.560. The molecule has 20 heavy (non-hydrogen) atoms. The van der Waals surface area contributed by atoms with Crippen molar-refractivity contribution in [3.8, 4) is 0 Å². The van der Waals surface area contributed by atoms with E-state index in [2.05, 4.69) is 5.32 Å². The molecule has 0 aromatic heterocycles. The molecule has 0 aromatic carbocycles. The van der Waals surface area contributed by atoms with Crippen LogP contribution in [0.5, 0.6) is 0 Å². The van der Waals surface area contributed by atoms with Crippen LogP contribution in [-0.4, -0.2) is 59.3 Å². The van der Waals surface area contributed by atoms with Gasteiger partial charge in [-0.3, -0.25) is 9.59 Å². The standard InChI is InChI=1S/C12H19N3O5/c13-12(19)20-8(6-15-5-1-2-9(15)16)10(17)11(18)14-7-3-4-7/h7-8,10,17H,1-6H2,(H2,13,19)(H,14,18). The van der Waals surface area contributed by atoms with Crippen LogP contribution in [0.1, 0.15) is 25.7 Å². The van der Waals surface area contributed by atoms with E-state index in [9.17, 15) is 19.5 Å². The fraction of sp³-hybridized carbons (Fsp3) is 0.750. The highest BCUT2D eigenvalue weighted by atomic mass is 16.6. The molecule has 1 heterocycles. The minimum Gasteiger partial charge on any atom is -0.441 e. The Morgan fingerprint density at radius 2 is 2.20 bits per heavy atom. The largest absolute Gasteiger partial charge is 0.441 e. The van der Waals surface area contributed by atoms with Crippen molar-refractivity contribution in [1.29, 1.82) is 0 Å². The van der Waals surface area contributed by atoms with Crippen molar-refractivity contribution in [3.63, 3.8) is 0 Å². The Labute approximate surface area is 116 Å². The molecule has 4 N–H and O–H groups in total. The van der Waals surface area contributed by atoms with Crippen LogP contribution in [0.2, 0.25) is 0 Å². The number of aliphatic hydroxyl groups is 1. The monoisotopic (exact) mass is 285 g/mol. The maximum Gasteiger partial charge on any atom is 0.404 e. The van der Waals surface area contributed by atoms with Gasteiger partial charge in [-0.15, -0.1) is 0 Å². The lowest BCUT2D eigenvalue weighted by atomic mass is 10.1. The molecule has 8 heteroatoms. The number of nitrogens with zero attached hydrogens (tertiary/aromatic N) is 1. The highest BCUT2D eigenvalue weighted by Gasteiger charge is 2.35. The molecule has 2 aliphatic rings. The second-order valence-electron chi connectivity index (χ2n) is 5.15. The predicted molar refractivity (Wildman–Crippen MR) is 67.4 cm³/mol. The topological polar surface area (TPSA) is 122 Å². The van der Waals surface area contributed by atoms with Gasteiger partial charge >= 0.3 is 6.09 Å². The smallest absolute Gasteiger partial charge is 0.404 e. The van der Waals surface area contributed by atoms with Crippen LogP contribution in [0.15, 0.2) is 0 Å². The number of nitrogens with two attached hydrogens (primary N) is 1. The van der Waals surface area contributed by atoms with E-state index < -0.39 is 24.2 Å². The van der Waals surface area contributed by atoms with Gasteiger partial charge in [-0.1, -0.05) is 0 Å². The second kappa shape index (κ2) is 6.08. The lowest BCUT2D eigenvalue weighted by Crippen LogP contribution is -2.50. The van der Waals surface area contributed by atoms with Crippen LogP contribution in [0.3, 0.4) is 0 Å². The molecular formula is C12H19N3O5. The number of amides is 3. The van der Waals surface area contributed by atoms with Crippen molar-refractivity contribution in [2.24, 2.45) is 5.73 Å². The molecule has 1 aliphatic heterocycles. The lowest BCUT2D eigenvalue weighted by Gasteiger charge is -2.26. The number of carbonyl (C=O) groups excluding carboxylic acids is 3. The summed E-state index contributed by atoms with van der Waals surface area (Å²) in [6.45, 7) is 0.495. The summed E-state index contributed by atoms with van der Waals surface area (Å²) in [7, 11) is 0. The number of hydrogen-bond donors (Lipinski definition) is 3. The molecule has 2 rings (SSSR count). The zero-order valence-corrected chi connectivity index (χ0v) is 11.1. The number of likely N-dealkylation sites (tertiary alicyclic amines) is 1. The average Bonchev–Trinajstić information content (AvgIpc) is 3.10. The van der Waals surface area contributed by atoms with Gasteiger partial charge in [0.15, 0.2) is 12.2 Å². The van der Waals surface area contributed by atoms with E-state index in [1.807, 2.05) is 0 Å². The lowest BCUT2D eigenvalue weighted by molar-refractivity contribution is -0.139. The zero-order chi connectivity index (χ0) is 14.7. The number of primary amides is 1. The Morgan fingerprint density at radius 1 is 1.50 bits per heavy atom. The van der Waals surface area contributed by atoms with E-state index in [0.29, 0.717) is 19.4 Å². The van der Waals surface area contributed by atoms with Gasteiger partial charge in [-0.2, -0.15) is 0 Å². The molecule has 2 unspecified atom stereocenters. The van der Waals surface area contributed by atoms with Gasteiger partial charge in [0, 0.05) is 19.0 Å². The number of aliphatic hydroxyl groups excluding tert-OH is 1. The first-order valence-corrected chi connectivity index (χ1v) is 6.69. The number of rotatable bonds is 6. The molecule has 1 aliphatic carbocycles. The summed E-state index contributed by atoms with van der Waals surface area (Å²) in [6, 6.07) is 0.0831. The third-order valence-corrected chi connectivity index (χ3v) is 3.38. The number of ether oxygens (including phenoxy) is 1. The van der Waals surface area contributed by atoms with Gasteiger partial charge in [0.2, 0.25) is 5.91 Å². The predicted octanol–water partition coefficient (Wildman–Crippen LogP) is -1.29. The van der Waals surface area contributed by atoms with Crippen LogP contribution >= 0.6 is 0 Å². The average molecular weight is 285 g/mol. The Balaban J connectivity index is 1.95. The molecule has 2 atom stereocenters. The first-order chi connectivity index (χ1) is 9.47. The summed E-state index contributed by atoms with van der Waals surface area (Å²) >= 11 is 0. The summed E-state index contributed by atoms with van der Waals surface area (Å²) in [6.07, 6.45) is -0.862. The van der Waals surface area contributed by atoms with Crippen molar-refractivity contribution in [1.82, 2.24) is 10.2 Å². The minimum atomic E-state index is -1.53. The first kappa shape index (κ1) is 14.6. The van der Waals surface area contributed by atoms with E-state index in [4.69, 9.17) is 10.5 Å². The zero-order valence-electron chi connectivity index (χ0n) is 11.1. The van der Waals surface area contributed by atoms with E-state index in [1.165, 1.54) is 4.90 Å². The Kier molecular flexibility index (Phi) is 4.43. The maximum atomic E-state index is 11.8. The van der Waals surface area contributed by atoms with Gasteiger partial charge in [-0.25, -0.2) is 4.79 Å². The van der Waals surface area contributed by atoms with Gasteiger partial charge in [0.05, 0.1) is 6.54 Å². The molecule has 0 radical (unpaired) electrons. The molecule has 0 bridgehead atoms. The SMILES string of the molecule is NC(=O)OC(CN1CCCC1=O)C(O)C(=O)NC1CC1. The maximum absolute atomic E-state index is 11.8. The van der Waals surface area contributed by atoms with Gasteiger partial charge in [-0.05, 0) is 19.3 Å². The van der Waals surface area contributed by atoms with Crippen molar-refractivity contribution in [2.75, 3.05) is 13.1 Å². The van der Waals surface area contributed by atoms with Crippen LogP contribution in [0.4, 0.5) is 4.79 Å². The van der Waals surface area contributed by atoms with Crippen molar-refractivity contribution in [3.05, 3.63) is 0 Å². The Morgan fingerprint density at radius 3 is 2.70 bits per heavy atom. The van der Waals surface area contributed by atoms with Crippen molar-refractivity contribution < 1.29 is 24.2 Å². The fourth-order valence-corrected chi connectivity index (χ4v) is 2.15. The van der Waals surface area contributed by atoms with Crippen LogP contribution in [0, 0.1) is 0 Å². The fourth-order valence-electron chi connectivity index (χ4n) is 2.15. The number of hydrogen-bond acceptors (Lipinski definition) is 5. The summed E-state index contributed by atoms with van der Waals surface area (Å²) < 4.78 is 4.78. The first-order valence-electron chi connectivity index (χ1n) is 6.69. The third-order valence-electron chi connectivity index (χ3n) is 3.38. The molecule has 112 valence electrons. The molecule has 1 saturated heterocycles. The summed E-state index contributed by atoms with van der Waals surface area (Å²) in [4.78, 5) is 35.7. The van der Waals surface area contributed by atoms with Crippen molar-refractivity contribution in [2.45, 2.75) is 43.9 Å².